The van der Waals surface area contributed by atoms with Crippen molar-refractivity contribution in [2.75, 3.05) is 5.32 Å². The Hall–Kier alpha value is -2.25. The van der Waals surface area contributed by atoms with Gasteiger partial charge in [0.15, 0.2) is 0 Å². The van der Waals surface area contributed by atoms with E-state index < -0.39 is 12.2 Å². The van der Waals surface area contributed by atoms with Gasteiger partial charge in [0.05, 0.1) is 24.5 Å². The molecule has 2 heterocycles. The van der Waals surface area contributed by atoms with Gasteiger partial charge in [0.25, 0.3) is 0 Å². The number of fused-ring (bicyclic) bond motifs is 1. The third-order valence-corrected chi connectivity index (χ3v) is 2.47. The summed E-state index contributed by atoms with van der Waals surface area (Å²) in [5.41, 5.74) is 1.31. The number of carboxylic acid groups (broad SMARTS) is 2. The van der Waals surface area contributed by atoms with Crippen LogP contribution in [0.25, 0.3) is 0 Å². The molecule has 0 spiro atoms. The van der Waals surface area contributed by atoms with Crippen LogP contribution in [0.15, 0.2) is 0 Å². The smallest absolute Gasteiger partial charge is 0.411 e. The molecular formula is C8H10N4O4. The van der Waals surface area contributed by atoms with Gasteiger partial charge in [-0.05, 0) is 0 Å². The van der Waals surface area contributed by atoms with Crippen molar-refractivity contribution in [1.82, 2.24) is 14.5 Å². The van der Waals surface area contributed by atoms with Crippen LogP contribution in [0.5, 0.6) is 0 Å². The summed E-state index contributed by atoms with van der Waals surface area (Å²) < 4.78 is 1.55. The van der Waals surface area contributed by atoms with Crippen LogP contribution in [0.1, 0.15) is 11.4 Å². The number of imidazole rings is 1. The Morgan fingerprint density at radius 3 is 2.56 bits per heavy atom. The van der Waals surface area contributed by atoms with Crippen molar-refractivity contribution >= 4 is 18.1 Å². The van der Waals surface area contributed by atoms with Crippen LogP contribution in [0.4, 0.5) is 15.5 Å². The molecule has 1 aliphatic rings. The lowest BCUT2D eigenvalue weighted by Gasteiger charge is -2.11. The van der Waals surface area contributed by atoms with E-state index in [9.17, 15) is 9.59 Å². The maximum absolute atomic E-state index is 10.7. The van der Waals surface area contributed by atoms with Crippen LogP contribution in [0.2, 0.25) is 0 Å². The molecule has 3 N–H and O–H groups in total. The van der Waals surface area contributed by atoms with E-state index in [1.807, 2.05) is 0 Å². The second-order valence-electron chi connectivity index (χ2n) is 3.46. The monoisotopic (exact) mass is 226 g/mol. The molecule has 0 saturated carbocycles. The third-order valence-electron chi connectivity index (χ3n) is 2.47. The lowest BCUT2D eigenvalue weighted by Crippen LogP contribution is -2.24. The molecule has 0 fully saturated rings. The van der Waals surface area contributed by atoms with Crippen LogP contribution < -0.4 is 5.32 Å². The van der Waals surface area contributed by atoms with E-state index in [0.717, 1.165) is 0 Å². The Bertz CT molecular complexity index is 467. The minimum atomic E-state index is -1.19. The molecule has 1 aliphatic heterocycles. The van der Waals surface area contributed by atoms with Crippen molar-refractivity contribution < 1.29 is 19.8 Å². The minimum Gasteiger partial charge on any atom is -0.465 e. The van der Waals surface area contributed by atoms with Crippen molar-refractivity contribution in [1.29, 1.82) is 0 Å². The number of nitrogens with one attached hydrogen (secondary N) is 1. The van der Waals surface area contributed by atoms with Crippen LogP contribution in [0, 0.1) is 0 Å². The average Bonchev–Trinajstić information content (AvgIpc) is 2.68. The van der Waals surface area contributed by atoms with Gasteiger partial charge in [-0.2, -0.15) is 0 Å². The molecule has 0 aromatic carbocycles. The van der Waals surface area contributed by atoms with E-state index in [2.05, 4.69) is 10.3 Å². The van der Waals surface area contributed by atoms with Gasteiger partial charge in [0.1, 0.15) is 0 Å². The Labute approximate surface area is 90.1 Å². The fraction of sp³-hybridized carbons (Fsp3) is 0.375. The number of amides is 2. The highest BCUT2D eigenvalue weighted by Gasteiger charge is 2.28. The summed E-state index contributed by atoms with van der Waals surface area (Å²) >= 11 is 0. The van der Waals surface area contributed by atoms with Gasteiger partial charge in [0.2, 0.25) is 5.95 Å². The van der Waals surface area contributed by atoms with Gasteiger partial charge >= 0.3 is 12.2 Å². The number of carbonyl (C=O) groups is 2. The zero-order valence-corrected chi connectivity index (χ0v) is 8.47. The summed E-state index contributed by atoms with van der Waals surface area (Å²) in [7, 11) is 1.64. The first-order valence-electron chi connectivity index (χ1n) is 4.51. The summed E-state index contributed by atoms with van der Waals surface area (Å²) in [6.07, 6.45) is -2.20. The highest BCUT2D eigenvalue weighted by molar-refractivity contribution is 5.80. The average molecular weight is 226 g/mol. The van der Waals surface area contributed by atoms with E-state index in [-0.39, 0.29) is 19.0 Å². The van der Waals surface area contributed by atoms with Crippen LogP contribution >= 0.6 is 0 Å². The first-order chi connectivity index (χ1) is 7.49. The van der Waals surface area contributed by atoms with Gasteiger partial charge in [-0.25, -0.2) is 14.6 Å². The highest BCUT2D eigenvalue weighted by atomic mass is 16.4. The fourth-order valence-electron chi connectivity index (χ4n) is 1.67. The van der Waals surface area contributed by atoms with Crippen molar-refractivity contribution in [3.05, 3.63) is 11.4 Å². The quantitative estimate of drug-likeness (QED) is 0.646. The molecule has 1 aromatic rings. The molecule has 0 atom stereocenters. The third kappa shape index (κ3) is 1.53. The first-order valence-corrected chi connectivity index (χ1v) is 4.51. The summed E-state index contributed by atoms with van der Waals surface area (Å²) in [5, 5.41) is 19.5. The molecular weight excluding hydrogens is 216 g/mol. The zero-order valence-electron chi connectivity index (χ0n) is 8.47. The van der Waals surface area contributed by atoms with Crippen molar-refractivity contribution in [3.63, 3.8) is 0 Å². The van der Waals surface area contributed by atoms with Gasteiger partial charge < -0.3 is 14.8 Å². The summed E-state index contributed by atoms with van der Waals surface area (Å²) in [6.45, 7) is 0.426. The largest absolute Gasteiger partial charge is 0.465 e. The number of hydrogen-bond acceptors (Lipinski definition) is 3. The summed E-state index contributed by atoms with van der Waals surface area (Å²) in [5.74, 6) is 0.211. The predicted octanol–water partition coefficient (Wildman–Crippen LogP) is 0.504. The number of aromatic nitrogens is 2. The topological polar surface area (TPSA) is 108 Å². The van der Waals surface area contributed by atoms with Crippen LogP contribution in [-0.2, 0) is 20.1 Å². The Morgan fingerprint density at radius 1 is 1.38 bits per heavy atom. The lowest BCUT2D eigenvalue weighted by molar-refractivity contribution is 0.144. The summed E-state index contributed by atoms with van der Waals surface area (Å²) in [4.78, 5) is 26.4. The minimum absolute atomic E-state index is 0.194. The molecule has 2 amide bonds. The van der Waals surface area contributed by atoms with Crippen molar-refractivity contribution in [2.24, 2.45) is 7.05 Å². The number of anilines is 1. The van der Waals surface area contributed by atoms with E-state index in [1.54, 1.807) is 11.6 Å². The van der Waals surface area contributed by atoms with Gasteiger partial charge in [-0.1, -0.05) is 0 Å². The lowest BCUT2D eigenvalue weighted by atomic mass is 10.4. The maximum atomic E-state index is 10.7. The second kappa shape index (κ2) is 3.40. The predicted molar refractivity (Wildman–Crippen MR) is 52.1 cm³/mol. The van der Waals surface area contributed by atoms with Crippen molar-refractivity contribution in [2.45, 2.75) is 13.1 Å². The SMILES string of the molecule is Cn1c(NC(=O)O)nc2c1CN(C(=O)O)C2. The molecule has 16 heavy (non-hydrogen) atoms. The Balaban J connectivity index is 2.25. The second-order valence-corrected chi connectivity index (χ2v) is 3.46. The van der Waals surface area contributed by atoms with E-state index in [0.29, 0.717) is 11.4 Å². The molecule has 2 rings (SSSR count). The van der Waals surface area contributed by atoms with Gasteiger partial charge in [-0.15, -0.1) is 0 Å². The maximum Gasteiger partial charge on any atom is 0.411 e. The molecule has 86 valence electrons. The standard InChI is InChI=1S/C8H10N4O4/c1-11-5-3-12(8(15)16)2-4(5)9-6(11)10-7(13)14/h2-3H2,1H3,(H,9,10)(H,13,14)(H,15,16). The molecule has 0 aliphatic carbocycles. The first kappa shape index (κ1) is 10.3. The molecule has 8 nitrogen and oxygen atoms in total. The Kier molecular flexibility index (Phi) is 2.18. The number of nitrogens with zero attached hydrogens (tertiary/aromatic N) is 3. The van der Waals surface area contributed by atoms with Crippen molar-refractivity contribution in [3.8, 4) is 0 Å². The van der Waals surface area contributed by atoms with Crippen LogP contribution in [0.3, 0.4) is 0 Å². The fourth-order valence-corrected chi connectivity index (χ4v) is 1.67. The highest BCUT2D eigenvalue weighted by Crippen LogP contribution is 2.24. The molecule has 0 bridgehead atoms. The van der Waals surface area contributed by atoms with E-state index in [4.69, 9.17) is 10.2 Å². The van der Waals surface area contributed by atoms with E-state index in [1.165, 1.54) is 4.90 Å². The van der Waals surface area contributed by atoms with Gasteiger partial charge in [0, 0.05) is 7.05 Å². The molecule has 0 saturated heterocycles. The number of rotatable bonds is 1. The summed E-state index contributed by atoms with van der Waals surface area (Å²) in [6, 6.07) is 0. The normalized spacial score (nSPS) is 13.7. The molecule has 0 unspecified atom stereocenters. The Morgan fingerprint density at radius 2 is 2.06 bits per heavy atom. The molecule has 0 radical (unpaired) electrons. The van der Waals surface area contributed by atoms with E-state index >= 15 is 0 Å². The molecule has 8 heteroatoms. The number of hydrogen-bond donors (Lipinski definition) is 3. The zero-order chi connectivity index (χ0) is 11.9. The van der Waals surface area contributed by atoms with Crippen LogP contribution in [-0.4, -0.2) is 36.9 Å². The molecule has 1 aromatic heterocycles. The van der Waals surface area contributed by atoms with Gasteiger partial charge in [-0.3, -0.25) is 10.2 Å².